The monoisotopic (exact) mass is 305 g/mol. The van der Waals surface area contributed by atoms with Gasteiger partial charge in [-0.05, 0) is 30.7 Å². The summed E-state index contributed by atoms with van der Waals surface area (Å²) in [5.74, 6) is 0.127. The quantitative estimate of drug-likeness (QED) is 0.531. The summed E-state index contributed by atoms with van der Waals surface area (Å²) in [7, 11) is 0. The SMILES string of the molecule is CCCCCCCCCCCCNC(=O)c1ccc(O)cc1. The fourth-order valence-corrected chi connectivity index (χ4v) is 2.53. The van der Waals surface area contributed by atoms with Crippen molar-refractivity contribution in [3.63, 3.8) is 0 Å². The second-order valence-electron chi connectivity index (χ2n) is 5.98. The highest BCUT2D eigenvalue weighted by molar-refractivity contribution is 5.94. The molecule has 1 rings (SSSR count). The Bertz CT molecular complexity index is 400. The van der Waals surface area contributed by atoms with Crippen molar-refractivity contribution in [3.05, 3.63) is 29.8 Å². The molecule has 0 bridgehead atoms. The summed E-state index contributed by atoms with van der Waals surface area (Å²) in [4.78, 5) is 11.8. The van der Waals surface area contributed by atoms with E-state index in [4.69, 9.17) is 0 Å². The van der Waals surface area contributed by atoms with E-state index in [0.29, 0.717) is 5.56 Å². The Morgan fingerprint density at radius 2 is 1.36 bits per heavy atom. The Hall–Kier alpha value is -1.51. The van der Waals surface area contributed by atoms with Gasteiger partial charge in [0.25, 0.3) is 5.91 Å². The smallest absolute Gasteiger partial charge is 0.251 e. The summed E-state index contributed by atoms with van der Waals surface area (Å²) in [6, 6.07) is 6.36. The Kier molecular flexibility index (Phi) is 10.2. The van der Waals surface area contributed by atoms with Gasteiger partial charge in [0.1, 0.15) is 5.75 Å². The summed E-state index contributed by atoms with van der Waals surface area (Å²) in [6.07, 6.45) is 13.0. The number of carbonyl (C=O) groups excluding carboxylic acids is 1. The van der Waals surface area contributed by atoms with E-state index in [1.807, 2.05) is 0 Å². The number of hydrogen-bond donors (Lipinski definition) is 2. The predicted molar refractivity (Wildman–Crippen MR) is 92.3 cm³/mol. The molecule has 0 atom stereocenters. The van der Waals surface area contributed by atoms with E-state index in [-0.39, 0.29) is 11.7 Å². The van der Waals surface area contributed by atoms with Crippen molar-refractivity contribution in [1.29, 1.82) is 0 Å². The minimum absolute atomic E-state index is 0.0593. The molecule has 0 aliphatic carbocycles. The van der Waals surface area contributed by atoms with E-state index in [1.54, 1.807) is 12.1 Å². The number of rotatable bonds is 12. The van der Waals surface area contributed by atoms with Gasteiger partial charge in [0.05, 0.1) is 0 Å². The largest absolute Gasteiger partial charge is 0.508 e. The van der Waals surface area contributed by atoms with Crippen LogP contribution in [-0.4, -0.2) is 17.6 Å². The lowest BCUT2D eigenvalue weighted by atomic mass is 10.1. The number of carbonyl (C=O) groups is 1. The van der Waals surface area contributed by atoms with Crippen LogP contribution in [0.3, 0.4) is 0 Å². The van der Waals surface area contributed by atoms with Crippen LogP contribution in [0.25, 0.3) is 0 Å². The van der Waals surface area contributed by atoms with Crippen LogP contribution in [0.15, 0.2) is 24.3 Å². The standard InChI is InChI=1S/C19H31NO2/c1-2-3-4-5-6-7-8-9-10-11-16-20-19(22)17-12-14-18(21)15-13-17/h12-15,21H,2-11,16H2,1H3,(H,20,22). The molecule has 0 saturated heterocycles. The van der Waals surface area contributed by atoms with Gasteiger partial charge in [-0.3, -0.25) is 4.79 Å². The molecule has 1 aromatic rings. The molecule has 3 nitrogen and oxygen atoms in total. The first kappa shape index (κ1) is 18.5. The number of hydrogen-bond acceptors (Lipinski definition) is 2. The van der Waals surface area contributed by atoms with Gasteiger partial charge in [0.2, 0.25) is 0 Å². The number of phenols is 1. The molecule has 22 heavy (non-hydrogen) atoms. The van der Waals surface area contributed by atoms with Crippen molar-refractivity contribution in [2.24, 2.45) is 0 Å². The summed E-state index contributed by atoms with van der Waals surface area (Å²) >= 11 is 0. The fourth-order valence-electron chi connectivity index (χ4n) is 2.53. The Morgan fingerprint density at radius 3 is 1.91 bits per heavy atom. The van der Waals surface area contributed by atoms with E-state index in [1.165, 1.54) is 69.9 Å². The number of nitrogens with one attached hydrogen (secondary N) is 1. The summed E-state index contributed by atoms with van der Waals surface area (Å²) < 4.78 is 0. The molecule has 0 aliphatic rings. The maximum Gasteiger partial charge on any atom is 0.251 e. The zero-order valence-corrected chi connectivity index (χ0v) is 13.9. The molecule has 1 amide bonds. The zero-order chi connectivity index (χ0) is 16.0. The molecule has 124 valence electrons. The molecule has 0 spiro atoms. The van der Waals surface area contributed by atoms with E-state index in [9.17, 15) is 9.90 Å². The molecular weight excluding hydrogens is 274 g/mol. The highest BCUT2D eigenvalue weighted by Crippen LogP contribution is 2.11. The Morgan fingerprint density at radius 1 is 0.864 bits per heavy atom. The van der Waals surface area contributed by atoms with Crippen LogP contribution in [0.4, 0.5) is 0 Å². The number of benzene rings is 1. The molecule has 0 aliphatic heterocycles. The average Bonchev–Trinajstić information content (AvgIpc) is 2.53. The molecule has 0 fully saturated rings. The number of phenolic OH excluding ortho intramolecular Hbond substituents is 1. The molecule has 3 heteroatoms. The normalized spacial score (nSPS) is 10.6. The Balaban J connectivity index is 1.93. The first-order chi connectivity index (χ1) is 10.7. The summed E-state index contributed by atoms with van der Waals surface area (Å²) in [5.41, 5.74) is 0.602. The molecule has 0 saturated carbocycles. The van der Waals surface area contributed by atoms with E-state index in [0.717, 1.165) is 13.0 Å². The van der Waals surface area contributed by atoms with Crippen LogP contribution in [-0.2, 0) is 0 Å². The topological polar surface area (TPSA) is 49.3 Å². The third-order valence-electron chi connectivity index (χ3n) is 3.95. The van der Waals surface area contributed by atoms with Crippen molar-refractivity contribution in [2.45, 2.75) is 71.1 Å². The van der Waals surface area contributed by atoms with Crippen LogP contribution < -0.4 is 5.32 Å². The van der Waals surface area contributed by atoms with Crippen molar-refractivity contribution < 1.29 is 9.90 Å². The molecule has 0 radical (unpaired) electrons. The second-order valence-corrected chi connectivity index (χ2v) is 5.98. The number of amides is 1. The maximum atomic E-state index is 11.8. The highest BCUT2D eigenvalue weighted by Gasteiger charge is 2.03. The molecule has 0 aromatic heterocycles. The lowest BCUT2D eigenvalue weighted by molar-refractivity contribution is 0.0953. The lowest BCUT2D eigenvalue weighted by Crippen LogP contribution is -2.24. The highest BCUT2D eigenvalue weighted by atomic mass is 16.3. The minimum Gasteiger partial charge on any atom is -0.508 e. The van der Waals surface area contributed by atoms with Crippen LogP contribution in [0.1, 0.15) is 81.5 Å². The predicted octanol–water partition coefficient (Wildman–Crippen LogP) is 5.04. The molecular formula is C19H31NO2. The van der Waals surface area contributed by atoms with E-state index < -0.39 is 0 Å². The fraction of sp³-hybridized carbons (Fsp3) is 0.632. The average molecular weight is 305 g/mol. The second kappa shape index (κ2) is 12.1. The minimum atomic E-state index is -0.0593. The zero-order valence-electron chi connectivity index (χ0n) is 13.9. The van der Waals surface area contributed by atoms with Crippen LogP contribution in [0.5, 0.6) is 5.75 Å². The van der Waals surface area contributed by atoms with E-state index >= 15 is 0 Å². The van der Waals surface area contributed by atoms with Crippen molar-refractivity contribution >= 4 is 5.91 Å². The first-order valence-electron chi connectivity index (χ1n) is 8.81. The van der Waals surface area contributed by atoms with Crippen LogP contribution >= 0.6 is 0 Å². The first-order valence-corrected chi connectivity index (χ1v) is 8.81. The van der Waals surface area contributed by atoms with Crippen molar-refractivity contribution in [1.82, 2.24) is 5.32 Å². The van der Waals surface area contributed by atoms with Crippen molar-refractivity contribution in [3.8, 4) is 5.75 Å². The third-order valence-corrected chi connectivity index (χ3v) is 3.95. The van der Waals surface area contributed by atoms with Gasteiger partial charge in [-0.25, -0.2) is 0 Å². The van der Waals surface area contributed by atoms with Gasteiger partial charge in [0.15, 0.2) is 0 Å². The van der Waals surface area contributed by atoms with Gasteiger partial charge in [-0.1, -0.05) is 64.7 Å². The van der Waals surface area contributed by atoms with Crippen LogP contribution in [0, 0.1) is 0 Å². The molecule has 2 N–H and O–H groups in total. The van der Waals surface area contributed by atoms with Gasteiger partial charge in [-0.15, -0.1) is 0 Å². The van der Waals surface area contributed by atoms with Gasteiger partial charge >= 0.3 is 0 Å². The summed E-state index contributed by atoms with van der Waals surface area (Å²) in [6.45, 7) is 2.98. The Labute approximate surface area is 135 Å². The van der Waals surface area contributed by atoms with Crippen molar-refractivity contribution in [2.75, 3.05) is 6.54 Å². The van der Waals surface area contributed by atoms with Gasteiger partial charge in [0, 0.05) is 12.1 Å². The van der Waals surface area contributed by atoms with Gasteiger partial charge in [-0.2, -0.15) is 0 Å². The number of unbranched alkanes of at least 4 members (excludes halogenated alkanes) is 9. The lowest BCUT2D eigenvalue weighted by Gasteiger charge is -2.05. The number of aromatic hydroxyl groups is 1. The third kappa shape index (κ3) is 8.71. The molecule has 0 heterocycles. The van der Waals surface area contributed by atoms with Gasteiger partial charge < -0.3 is 10.4 Å². The maximum absolute atomic E-state index is 11.8. The van der Waals surface area contributed by atoms with Crippen LogP contribution in [0.2, 0.25) is 0 Å². The summed E-state index contributed by atoms with van der Waals surface area (Å²) in [5, 5.41) is 12.1. The molecule has 1 aromatic carbocycles. The molecule has 0 unspecified atom stereocenters. The van der Waals surface area contributed by atoms with E-state index in [2.05, 4.69) is 12.2 Å².